The Bertz CT molecular complexity index is 833. The zero-order valence-electron chi connectivity index (χ0n) is 15.9. The number of aromatic nitrogens is 3. The smallest absolute Gasteiger partial charge is 0.258 e. The molecule has 1 saturated heterocycles. The standard InChI is InChI=1S/C20H25N5O2/c1-14(2)10-18-22-11-15-12-25(13-17(15)23-18)20(26)16-4-3-5-21-19(16)24-6-8-27-9-7-24/h3-5,11,14H,6-10,12-13H2,1-2H3. The first-order valence-corrected chi connectivity index (χ1v) is 9.52. The topological polar surface area (TPSA) is 71.5 Å². The molecule has 0 spiro atoms. The maximum atomic E-state index is 13.2. The zero-order chi connectivity index (χ0) is 18.8. The molecule has 0 saturated carbocycles. The van der Waals surface area contributed by atoms with E-state index >= 15 is 0 Å². The molecule has 0 bridgehead atoms. The fourth-order valence-electron chi connectivity index (χ4n) is 3.56. The molecule has 1 amide bonds. The van der Waals surface area contributed by atoms with Gasteiger partial charge in [0.05, 0.1) is 31.0 Å². The molecule has 0 aliphatic carbocycles. The number of morpholine rings is 1. The Morgan fingerprint density at radius 2 is 2.04 bits per heavy atom. The van der Waals surface area contributed by atoms with Gasteiger partial charge in [-0.1, -0.05) is 13.8 Å². The van der Waals surface area contributed by atoms with Gasteiger partial charge in [-0.05, 0) is 18.1 Å². The molecule has 7 nitrogen and oxygen atoms in total. The second-order valence-corrected chi connectivity index (χ2v) is 7.49. The average Bonchev–Trinajstić information content (AvgIpc) is 3.11. The summed E-state index contributed by atoms with van der Waals surface area (Å²) in [6.45, 7) is 8.21. The largest absolute Gasteiger partial charge is 0.378 e. The Hall–Kier alpha value is -2.54. The summed E-state index contributed by atoms with van der Waals surface area (Å²) in [6, 6.07) is 3.68. The van der Waals surface area contributed by atoms with Crippen LogP contribution in [-0.2, 0) is 24.2 Å². The van der Waals surface area contributed by atoms with Gasteiger partial charge in [-0.3, -0.25) is 4.79 Å². The number of rotatable bonds is 4. The highest BCUT2D eigenvalue weighted by molar-refractivity contribution is 5.99. The van der Waals surface area contributed by atoms with Crippen molar-refractivity contribution in [1.29, 1.82) is 0 Å². The summed E-state index contributed by atoms with van der Waals surface area (Å²) in [5, 5.41) is 0. The lowest BCUT2D eigenvalue weighted by atomic mass is 10.1. The van der Waals surface area contributed by atoms with Crippen LogP contribution >= 0.6 is 0 Å². The SMILES string of the molecule is CC(C)Cc1ncc2c(n1)CN(C(=O)c1cccnc1N1CCOCC1)C2. The van der Waals surface area contributed by atoms with Crippen molar-refractivity contribution >= 4 is 11.7 Å². The fourth-order valence-corrected chi connectivity index (χ4v) is 3.56. The van der Waals surface area contributed by atoms with Crippen LogP contribution < -0.4 is 4.90 Å². The van der Waals surface area contributed by atoms with E-state index in [9.17, 15) is 4.79 Å². The number of hydrogen-bond donors (Lipinski definition) is 0. The molecular weight excluding hydrogens is 342 g/mol. The highest BCUT2D eigenvalue weighted by atomic mass is 16.5. The Morgan fingerprint density at radius 3 is 2.81 bits per heavy atom. The molecule has 4 rings (SSSR count). The molecule has 2 aliphatic rings. The quantitative estimate of drug-likeness (QED) is 0.824. The molecule has 0 atom stereocenters. The van der Waals surface area contributed by atoms with Gasteiger partial charge in [0, 0.05) is 44.0 Å². The van der Waals surface area contributed by atoms with E-state index < -0.39 is 0 Å². The van der Waals surface area contributed by atoms with Crippen LogP contribution in [0.4, 0.5) is 5.82 Å². The Labute approximate surface area is 159 Å². The van der Waals surface area contributed by atoms with Crippen molar-refractivity contribution in [3.05, 3.63) is 47.2 Å². The van der Waals surface area contributed by atoms with E-state index in [1.54, 1.807) is 6.20 Å². The molecule has 27 heavy (non-hydrogen) atoms. The van der Waals surface area contributed by atoms with Crippen molar-refractivity contribution in [2.24, 2.45) is 5.92 Å². The number of pyridine rings is 1. The molecule has 0 radical (unpaired) electrons. The van der Waals surface area contributed by atoms with Gasteiger partial charge in [-0.25, -0.2) is 15.0 Å². The van der Waals surface area contributed by atoms with Crippen LogP contribution in [0.2, 0.25) is 0 Å². The van der Waals surface area contributed by atoms with Crippen molar-refractivity contribution in [2.45, 2.75) is 33.4 Å². The third-order valence-corrected chi connectivity index (χ3v) is 4.91. The summed E-state index contributed by atoms with van der Waals surface area (Å²) in [7, 11) is 0. The Kier molecular flexibility index (Phi) is 5.03. The van der Waals surface area contributed by atoms with Crippen LogP contribution in [-0.4, -0.2) is 52.1 Å². The molecule has 2 aromatic rings. The molecule has 7 heteroatoms. The van der Waals surface area contributed by atoms with Crippen molar-refractivity contribution in [3.8, 4) is 0 Å². The molecule has 142 valence electrons. The first-order chi connectivity index (χ1) is 13.1. The number of fused-ring (bicyclic) bond motifs is 1. The normalized spacial score (nSPS) is 16.7. The third-order valence-electron chi connectivity index (χ3n) is 4.91. The number of amides is 1. The molecule has 0 N–H and O–H groups in total. The summed E-state index contributed by atoms with van der Waals surface area (Å²) < 4.78 is 5.42. The van der Waals surface area contributed by atoms with Crippen LogP contribution in [0.3, 0.4) is 0 Å². The number of carbonyl (C=O) groups is 1. The van der Waals surface area contributed by atoms with E-state index in [1.165, 1.54) is 0 Å². The molecule has 2 aliphatic heterocycles. The summed E-state index contributed by atoms with van der Waals surface area (Å²) in [4.78, 5) is 30.8. The van der Waals surface area contributed by atoms with Crippen molar-refractivity contribution in [1.82, 2.24) is 19.9 Å². The fraction of sp³-hybridized carbons (Fsp3) is 0.500. The maximum Gasteiger partial charge on any atom is 0.258 e. The van der Waals surface area contributed by atoms with Gasteiger partial charge in [0.15, 0.2) is 0 Å². The highest BCUT2D eigenvalue weighted by Crippen LogP contribution is 2.26. The van der Waals surface area contributed by atoms with Crippen LogP contribution in [0.1, 0.15) is 41.3 Å². The summed E-state index contributed by atoms with van der Waals surface area (Å²) in [6.07, 6.45) is 4.47. The summed E-state index contributed by atoms with van der Waals surface area (Å²) >= 11 is 0. The van der Waals surface area contributed by atoms with Gasteiger partial charge in [-0.2, -0.15) is 0 Å². The highest BCUT2D eigenvalue weighted by Gasteiger charge is 2.29. The summed E-state index contributed by atoms with van der Waals surface area (Å²) in [5.74, 6) is 2.10. The zero-order valence-corrected chi connectivity index (χ0v) is 15.9. The lowest BCUT2D eigenvalue weighted by Crippen LogP contribution is -2.38. The van der Waals surface area contributed by atoms with E-state index in [1.807, 2.05) is 23.2 Å². The lowest BCUT2D eigenvalue weighted by molar-refractivity contribution is 0.0749. The molecular formula is C20H25N5O2. The van der Waals surface area contributed by atoms with Crippen LogP contribution in [0.25, 0.3) is 0 Å². The Morgan fingerprint density at radius 1 is 1.22 bits per heavy atom. The van der Waals surface area contributed by atoms with Crippen LogP contribution in [0, 0.1) is 5.92 Å². The molecule has 1 fully saturated rings. The average molecular weight is 367 g/mol. The van der Waals surface area contributed by atoms with Crippen LogP contribution in [0.15, 0.2) is 24.5 Å². The Balaban J connectivity index is 1.54. The lowest BCUT2D eigenvalue weighted by Gasteiger charge is -2.29. The first kappa shape index (κ1) is 17.9. The third kappa shape index (κ3) is 3.78. The predicted octanol–water partition coefficient (Wildman–Crippen LogP) is 2.06. The van der Waals surface area contributed by atoms with Gasteiger partial charge >= 0.3 is 0 Å². The number of carbonyl (C=O) groups excluding carboxylic acids is 1. The van der Waals surface area contributed by atoms with Gasteiger partial charge < -0.3 is 14.5 Å². The molecule has 2 aromatic heterocycles. The summed E-state index contributed by atoms with van der Waals surface area (Å²) in [5.41, 5.74) is 2.64. The maximum absolute atomic E-state index is 13.2. The number of nitrogens with zero attached hydrogens (tertiary/aromatic N) is 5. The van der Waals surface area contributed by atoms with Gasteiger partial charge in [0.2, 0.25) is 0 Å². The van der Waals surface area contributed by atoms with Crippen LogP contribution in [0.5, 0.6) is 0 Å². The van der Waals surface area contributed by atoms with E-state index in [0.29, 0.717) is 37.8 Å². The minimum Gasteiger partial charge on any atom is -0.378 e. The van der Waals surface area contributed by atoms with Crippen molar-refractivity contribution in [3.63, 3.8) is 0 Å². The molecule has 0 aromatic carbocycles. The van der Waals surface area contributed by atoms with E-state index in [4.69, 9.17) is 4.74 Å². The molecule has 0 unspecified atom stereocenters. The van der Waals surface area contributed by atoms with E-state index in [2.05, 4.69) is 33.7 Å². The minimum absolute atomic E-state index is 0.00648. The number of ether oxygens (including phenoxy) is 1. The van der Waals surface area contributed by atoms with Crippen molar-refractivity contribution < 1.29 is 9.53 Å². The monoisotopic (exact) mass is 367 g/mol. The number of hydrogen-bond acceptors (Lipinski definition) is 6. The second-order valence-electron chi connectivity index (χ2n) is 7.49. The number of anilines is 1. The predicted molar refractivity (Wildman–Crippen MR) is 101 cm³/mol. The van der Waals surface area contributed by atoms with Gasteiger partial charge in [0.25, 0.3) is 5.91 Å². The van der Waals surface area contributed by atoms with E-state index in [0.717, 1.165) is 42.4 Å². The van der Waals surface area contributed by atoms with Crippen molar-refractivity contribution in [2.75, 3.05) is 31.2 Å². The van der Waals surface area contributed by atoms with E-state index in [-0.39, 0.29) is 5.91 Å². The minimum atomic E-state index is -0.00648. The second kappa shape index (κ2) is 7.60. The first-order valence-electron chi connectivity index (χ1n) is 9.52. The molecule has 4 heterocycles. The van der Waals surface area contributed by atoms with Gasteiger partial charge in [0.1, 0.15) is 11.6 Å². The van der Waals surface area contributed by atoms with Gasteiger partial charge in [-0.15, -0.1) is 0 Å².